The lowest BCUT2D eigenvalue weighted by Gasteiger charge is -2.17. The molecule has 1 N–H and O–H groups in total. The molecule has 0 atom stereocenters. The zero-order chi connectivity index (χ0) is 24.9. The van der Waals surface area contributed by atoms with Gasteiger partial charge in [-0.05, 0) is 43.7 Å². The average molecular weight is 510 g/mol. The quantitative estimate of drug-likeness (QED) is 0.296. The second-order valence-electron chi connectivity index (χ2n) is 8.15. The Labute approximate surface area is 214 Å². The van der Waals surface area contributed by atoms with Gasteiger partial charge >= 0.3 is 0 Å². The van der Waals surface area contributed by atoms with Crippen LogP contribution in [-0.4, -0.2) is 46.6 Å². The SMILES string of the molecule is CCCCCN1C(=O)/C(=C2/C(=O)N(CC(=O)Nc3ccc(OCC)cc3)c3ccccc32)SC1=S. The van der Waals surface area contributed by atoms with Crippen molar-refractivity contribution in [1.29, 1.82) is 0 Å². The van der Waals surface area contributed by atoms with Crippen molar-refractivity contribution in [3.8, 4) is 5.75 Å². The van der Waals surface area contributed by atoms with Crippen LogP contribution in [0.5, 0.6) is 5.75 Å². The predicted octanol–water partition coefficient (Wildman–Crippen LogP) is 4.83. The molecular weight excluding hydrogens is 482 g/mol. The lowest BCUT2D eigenvalue weighted by atomic mass is 10.1. The van der Waals surface area contributed by atoms with Gasteiger partial charge < -0.3 is 10.1 Å². The van der Waals surface area contributed by atoms with Crippen LogP contribution in [0.15, 0.2) is 53.4 Å². The van der Waals surface area contributed by atoms with Crippen molar-refractivity contribution in [2.24, 2.45) is 0 Å². The Balaban J connectivity index is 1.55. The molecule has 2 aromatic carbocycles. The number of hydrogen-bond donors (Lipinski definition) is 1. The normalized spacial score (nSPS) is 17.3. The molecule has 0 spiro atoms. The zero-order valence-electron chi connectivity index (χ0n) is 19.7. The molecule has 0 aromatic heterocycles. The van der Waals surface area contributed by atoms with E-state index < -0.39 is 0 Å². The highest BCUT2D eigenvalue weighted by Gasteiger charge is 2.42. The van der Waals surface area contributed by atoms with Crippen molar-refractivity contribution in [3.05, 3.63) is 59.0 Å². The van der Waals surface area contributed by atoms with E-state index in [2.05, 4.69) is 12.2 Å². The number of unbranched alkanes of at least 4 members (excludes halogenated alkanes) is 2. The minimum absolute atomic E-state index is 0.177. The third kappa shape index (κ3) is 5.26. The van der Waals surface area contributed by atoms with Crippen LogP contribution in [0.25, 0.3) is 5.57 Å². The fraction of sp³-hybridized carbons (Fsp3) is 0.308. The number of carbonyl (C=O) groups excluding carboxylic acids is 3. The number of amides is 3. The summed E-state index contributed by atoms with van der Waals surface area (Å²) in [7, 11) is 0. The topological polar surface area (TPSA) is 79.0 Å². The van der Waals surface area contributed by atoms with Crippen molar-refractivity contribution in [1.82, 2.24) is 4.90 Å². The second-order valence-corrected chi connectivity index (χ2v) is 9.79. The first kappa shape index (κ1) is 24.9. The molecule has 0 radical (unpaired) electrons. The van der Waals surface area contributed by atoms with Gasteiger partial charge in [0.2, 0.25) is 5.91 Å². The molecular formula is C26H27N3O4S2. The number of thiocarbonyl (C=S) groups is 1. The summed E-state index contributed by atoms with van der Waals surface area (Å²) in [5, 5.41) is 2.82. The number of benzene rings is 2. The fourth-order valence-corrected chi connectivity index (χ4v) is 5.44. The highest BCUT2D eigenvalue weighted by molar-refractivity contribution is 8.26. The summed E-state index contributed by atoms with van der Waals surface area (Å²) in [5.74, 6) is -0.242. The van der Waals surface area contributed by atoms with Crippen LogP contribution in [-0.2, 0) is 14.4 Å². The number of ether oxygens (including phenoxy) is 1. The van der Waals surface area contributed by atoms with Crippen LogP contribution in [0.4, 0.5) is 11.4 Å². The molecule has 7 nitrogen and oxygen atoms in total. The maximum atomic E-state index is 13.5. The van der Waals surface area contributed by atoms with E-state index >= 15 is 0 Å². The van der Waals surface area contributed by atoms with E-state index in [0.717, 1.165) is 31.0 Å². The number of nitrogens with one attached hydrogen (secondary N) is 1. The zero-order valence-corrected chi connectivity index (χ0v) is 21.3. The number of anilines is 2. The lowest BCUT2D eigenvalue weighted by molar-refractivity contribution is -0.122. The number of thioether (sulfide) groups is 1. The summed E-state index contributed by atoms with van der Waals surface area (Å²) in [4.78, 5) is 42.9. The molecule has 1 saturated heterocycles. The standard InChI is InChI=1S/C26H27N3O4S2/c1-3-5-8-15-28-25(32)23(35-26(28)34)22-19-9-6-7-10-20(19)29(24(22)31)16-21(30)27-17-11-13-18(14-12-17)33-4-2/h6-7,9-14H,3-5,8,15-16H2,1-2H3,(H,27,30)/b23-22-. The molecule has 0 unspecified atom stereocenters. The molecule has 182 valence electrons. The van der Waals surface area contributed by atoms with E-state index in [1.807, 2.05) is 19.1 Å². The van der Waals surface area contributed by atoms with Gasteiger partial charge in [0.1, 0.15) is 16.6 Å². The van der Waals surface area contributed by atoms with Gasteiger partial charge in [0.15, 0.2) is 0 Å². The molecule has 2 heterocycles. The molecule has 35 heavy (non-hydrogen) atoms. The van der Waals surface area contributed by atoms with Crippen LogP contribution < -0.4 is 15.0 Å². The van der Waals surface area contributed by atoms with Crippen LogP contribution in [0.3, 0.4) is 0 Å². The maximum absolute atomic E-state index is 13.5. The third-order valence-electron chi connectivity index (χ3n) is 5.74. The van der Waals surface area contributed by atoms with E-state index in [0.29, 0.717) is 50.6 Å². The summed E-state index contributed by atoms with van der Waals surface area (Å²) < 4.78 is 5.89. The van der Waals surface area contributed by atoms with Crippen LogP contribution >= 0.6 is 24.0 Å². The van der Waals surface area contributed by atoms with Crippen LogP contribution in [0, 0.1) is 0 Å². The molecule has 4 rings (SSSR count). The first-order valence-electron chi connectivity index (χ1n) is 11.7. The molecule has 0 saturated carbocycles. The van der Waals surface area contributed by atoms with E-state index in [4.69, 9.17) is 17.0 Å². The highest BCUT2D eigenvalue weighted by atomic mass is 32.2. The Morgan fingerprint density at radius 3 is 2.46 bits per heavy atom. The predicted molar refractivity (Wildman–Crippen MR) is 143 cm³/mol. The molecule has 1 fully saturated rings. The summed E-state index contributed by atoms with van der Waals surface area (Å²) in [6, 6.07) is 14.3. The van der Waals surface area contributed by atoms with Gasteiger partial charge in [-0.25, -0.2) is 0 Å². The smallest absolute Gasteiger partial charge is 0.267 e. The summed E-state index contributed by atoms with van der Waals surface area (Å²) in [6.07, 6.45) is 2.89. The highest BCUT2D eigenvalue weighted by Crippen LogP contribution is 2.44. The van der Waals surface area contributed by atoms with E-state index in [1.165, 1.54) is 4.90 Å². The van der Waals surface area contributed by atoms with Crippen molar-refractivity contribution in [3.63, 3.8) is 0 Å². The number of carbonyl (C=O) groups is 3. The molecule has 2 aromatic rings. The summed E-state index contributed by atoms with van der Waals surface area (Å²) in [5.41, 5.74) is 2.15. The lowest BCUT2D eigenvalue weighted by Crippen LogP contribution is -2.35. The van der Waals surface area contributed by atoms with Gasteiger partial charge in [-0.15, -0.1) is 0 Å². The monoisotopic (exact) mass is 509 g/mol. The Bertz CT molecular complexity index is 1190. The van der Waals surface area contributed by atoms with Crippen molar-refractivity contribution >= 4 is 63.0 Å². The minimum atomic E-state index is -0.373. The molecule has 0 aliphatic carbocycles. The first-order chi connectivity index (χ1) is 16.9. The summed E-state index contributed by atoms with van der Waals surface area (Å²) >= 11 is 6.61. The Morgan fingerprint density at radius 1 is 1.00 bits per heavy atom. The second kappa shape index (κ2) is 11.0. The van der Waals surface area contributed by atoms with E-state index in [1.54, 1.807) is 41.3 Å². The van der Waals surface area contributed by atoms with Gasteiger partial charge in [0.25, 0.3) is 11.8 Å². The number of para-hydroxylation sites is 1. The fourth-order valence-electron chi connectivity index (χ4n) is 4.06. The molecule has 2 aliphatic heterocycles. The number of nitrogens with zero attached hydrogens (tertiary/aromatic N) is 2. The number of fused-ring (bicyclic) bond motifs is 1. The van der Waals surface area contributed by atoms with E-state index in [9.17, 15) is 14.4 Å². The Kier molecular flexibility index (Phi) is 7.87. The largest absolute Gasteiger partial charge is 0.494 e. The van der Waals surface area contributed by atoms with Gasteiger partial charge in [-0.2, -0.15) is 0 Å². The van der Waals surface area contributed by atoms with Crippen molar-refractivity contribution < 1.29 is 19.1 Å². The van der Waals surface area contributed by atoms with Gasteiger partial charge in [0.05, 0.1) is 22.8 Å². The number of hydrogen-bond acceptors (Lipinski definition) is 6. The third-order valence-corrected chi connectivity index (χ3v) is 7.18. The van der Waals surface area contributed by atoms with E-state index in [-0.39, 0.29) is 24.3 Å². The first-order valence-corrected chi connectivity index (χ1v) is 12.9. The molecule has 2 aliphatic rings. The molecule has 9 heteroatoms. The van der Waals surface area contributed by atoms with Crippen molar-refractivity contribution in [2.75, 3.05) is 29.9 Å². The Hall–Kier alpha value is -3.17. The number of rotatable bonds is 9. The van der Waals surface area contributed by atoms with Crippen LogP contribution in [0.2, 0.25) is 0 Å². The maximum Gasteiger partial charge on any atom is 0.267 e. The van der Waals surface area contributed by atoms with Gasteiger partial charge in [-0.3, -0.25) is 24.2 Å². The Morgan fingerprint density at radius 2 is 1.74 bits per heavy atom. The molecule has 3 amide bonds. The van der Waals surface area contributed by atoms with Crippen LogP contribution in [0.1, 0.15) is 38.7 Å². The molecule has 0 bridgehead atoms. The minimum Gasteiger partial charge on any atom is -0.494 e. The van der Waals surface area contributed by atoms with Gasteiger partial charge in [-0.1, -0.05) is 61.9 Å². The van der Waals surface area contributed by atoms with Crippen molar-refractivity contribution in [2.45, 2.75) is 33.1 Å². The summed E-state index contributed by atoms with van der Waals surface area (Å²) in [6.45, 7) is 4.92. The van der Waals surface area contributed by atoms with Gasteiger partial charge in [0, 0.05) is 17.8 Å². The average Bonchev–Trinajstić information content (AvgIpc) is 3.28.